The molecule has 0 unspecified atom stereocenters. The molecule has 1 aromatic carbocycles. The lowest BCUT2D eigenvalue weighted by atomic mass is 10.1. The van der Waals surface area contributed by atoms with Gasteiger partial charge in [0.05, 0.1) is 5.56 Å². The van der Waals surface area contributed by atoms with Crippen molar-refractivity contribution in [1.29, 1.82) is 0 Å². The second-order valence-corrected chi connectivity index (χ2v) is 4.32. The van der Waals surface area contributed by atoms with Gasteiger partial charge in [-0.3, -0.25) is 0 Å². The van der Waals surface area contributed by atoms with E-state index >= 15 is 0 Å². The standard InChI is InChI=1S/C13H15F3N2O3/c1-2-10(11(19)20)18-12(21)17-7-8-3-5-9(6-4-8)13(14,15)16/h3-6,10H,2,7H2,1H3,(H,19,20)(H2,17,18,21)/t10-/m1/s1. The van der Waals surface area contributed by atoms with Crippen molar-refractivity contribution in [3.63, 3.8) is 0 Å². The Morgan fingerprint density at radius 2 is 1.81 bits per heavy atom. The Morgan fingerprint density at radius 1 is 1.24 bits per heavy atom. The Hall–Kier alpha value is -2.25. The molecule has 0 spiro atoms. The summed E-state index contributed by atoms with van der Waals surface area (Å²) in [6.45, 7) is 1.61. The third kappa shape index (κ3) is 5.33. The molecule has 3 N–H and O–H groups in total. The van der Waals surface area contributed by atoms with Crippen LogP contribution in [0.1, 0.15) is 24.5 Å². The van der Waals surface area contributed by atoms with Crippen LogP contribution in [0.15, 0.2) is 24.3 Å². The minimum absolute atomic E-state index is 0.0000236. The van der Waals surface area contributed by atoms with Crippen LogP contribution in [-0.4, -0.2) is 23.1 Å². The number of hydrogen-bond acceptors (Lipinski definition) is 2. The Morgan fingerprint density at radius 3 is 2.24 bits per heavy atom. The highest BCUT2D eigenvalue weighted by molar-refractivity contribution is 5.82. The lowest BCUT2D eigenvalue weighted by Crippen LogP contribution is -2.45. The molecule has 0 radical (unpaired) electrons. The first-order valence-corrected chi connectivity index (χ1v) is 6.17. The number of rotatable bonds is 5. The number of carbonyl (C=O) groups is 2. The van der Waals surface area contributed by atoms with Gasteiger partial charge in [0, 0.05) is 6.54 Å². The summed E-state index contributed by atoms with van der Waals surface area (Å²) in [5.74, 6) is -1.15. The maximum absolute atomic E-state index is 12.4. The zero-order valence-electron chi connectivity index (χ0n) is 11.2. The van der Waals surface area contributed by atoms with Crippen molar-refractivity contribution in [2.24, 2.45) is 0 Å². The quantitative estimate of drug-likeness (QED) is 0.781. The van der Waals surface area contributed by atoms with E-state index < -0.39 is 29.8 Å². The zero-order chi connectivity index (χ0) is 16.0. The zero-order valence-corrected chi connectivity index (χ0v) is 11.2. The van der Waals surface area contributed by atoms with Gasteiger partial charge in [-0.1, -0.05) is 19.1 Å². The summed E-state index contributed by atoms with van der Waals surface area (Å²) < 4.78 is 37.1. The molecule has 0 fully saturated rings. The first-order chi connectivity index (χ1) is 9.74. The van der Waals surface area contributed by atoms with E-state index in [1.54, 1.807) is 6.92 Å². The number of amides is 2. The molecule has 0 aromatic heterocycles. The molecule has 1 atom stereocenters. The fraction of sp³-hybridized carbons (Fsp3) is 0.385. The monoisotopic (exact) mass is 304 g/mol. The van der Waals surface area contributed by atoms with Gasteiger partial charge in [-0.15, -0.1) is 0 Å². The number of carboxylic acids is 1. The van der Waals surface area contributed by atoms with E-state index in [0.29, 0.717) is 5.56 Å². The van der Waals surface area contributed by atoms with Crippen molar-refractivity contribution in [3.8, 4) is 0 Å². The summed E-state index contributed by atoms with van der Waals surface area (Å²) in [4.78, 5) is 22.2. The second kappa shape index (κ2) is 6.96. The highest BCUT2D eigenvalue weighted by Gasteiger charge is 2.29. The van der Waals surface area contributed by atoms with Gasteiger partial charge >= 0.3 is 18.2 Å². The number of carbonyl (C=O) groups excluding carboxylic acids is 1. The predicted octanol–water partition coefficient (Wildman–Crippen LogP) is 2.37. The first-order valence-electron chi connectivity index (χ1n) is 6.17. The molecule has 0 aliphatic heterocycles. The van der Waals surface area contributed by atoms with Gasteiger partial charge in [0.25, 0.3) is 0 Å². The molecule has 21 heavy (non-hydrogen) atoms. The number of carboxylic acid groups (broad SMARTS) is 1. The highest BCUT2D eigenvalue weighted by atomic mass is 19.4. The molecule has 0 heterocycles. The minimum atomic E-state index is -4.40. The van der Waals surface area contributed by atoms with E-state index in [4.69, 9.17) is 5.11 Å². The number of urea groups is 1. The second-order valence-electron chi connectivity index (χ2n) is 4.32. The summed E-state index contributed by atoms with van der Waals surface area (Å²) in [6, 6.07) is 2.64. The van der Waals surface area contributed by atoms with Crippen molar-refractivity contribution in [3.05, 3.63) is 35.4 Å². The lowest BCUT2D eigenvalue weighted by Gasteiger charge is -2.13. The van der Waals surface area contributed by atoms with Gasteiger partial charge in [0.1, 0.15) is 6.04 Å². The smallest absolute Gasteiger partial charge is 0.416 e. The fourth-order valence-corrected chi connectivity index (χ4v) is 1.54. The molecule has 0 aliphatic carbocycles. The number of halogens is 3. The average Bonchev–Trinajstić information content (AvgIpc) is 2.41. The van der Waals surface area contributed by atoms with Gasteiger partial charge in [0.15, 0.2) is 0 Å². The summed E-state index contributed by atoms with van der Waals surface area (Å²) in [5.41, 5.74) is -0.297. The normalized spacial score (nSPS) is 12.6. The number of aliphatic carboxylic acids is 1. The van der Waals surface area contributed by atoms with Gasteiger partial charge in [0.2, 0.25) is 0 Å². The molecule has 0 saturated heterocycles. The SMILES string of the molecule is CC[C@@H](NC(=O)NCc1ccc(C(F)(F)F)cc1)C(=O)O. The van der Waals surface area contributed by atoms with E-state index in [1.165, 1.54) is 12.1 Å². The van der Waals surface area contributed by atoms with Crippen LogP contribution in [0.5, 0.6) is 0 Å². The molecule has 0 aliphatic rings. The fourth-order valence-electron chi connectivity index (χ4n) is 1.54. The summed E-state index contributed by atoms with van der Waals surface area (Å²) in [5, 5.41) is 13.4. The van der Waals surface area contributed by atoms with Crippen LogP contribution in [-0.2, 0) is 17.5 Å². The van der Waals surface area contributed by atoms with E-state index in [9.17, 15) is 22.8 Å². The van der Waals surface area contributed by atoms with Crippen LogP contribution in [0.2, 0.25) is 0 Å². The number of alkyl halides is 3. The first kappa shape index (κ1) is 16.8. The van der Waals surface area contributed by atoms with Crippen LogP contribution >= 0.6 is 0 Å². The molecular formula is C13H15F3N2O3. The van der Waals surface area contributed by atoms with Crippen molar-refractivity contribution in [1.82, 2.24) is 10.6 Å². The largest absolute Gasteiger partial charge is 0.480 e. The summed E-state index contributed by atoms with van der Waals surface area (Å²) >= 11 is 0. The van der Waals surface area contributed by atoms with Gasteiger partial charge in [-0.2, -0.15) is 13.2 Å². The predicted molar refractivity (Wildman–Crippen MR) is 68.5 cm³/mol. The molecule has 1 rings (SSSR count). The third-order valence-corrected chi connectivity index (χ3v) is 2.75. The number of nitrogens with one attached hydrogen (secondary N) is 2. The molecule has 116 valence electrons. The molecule has 8 heteroatoms. The lowest BCUT2D eigenvalue weighted by molar-refractivity contribution is -0.139. The van der Waals surface area contributed by atoms with Crippen molar-refractivity contribution in [2.75, 3.05) is 0 Å². The number of hydrogen-bond donors (Lipinski definition) is 3. The van der Waals surface area contributed by atoms with E-state index in [-0.39, 0.29) is 13.0 Å². The summed E-state index contributed by atoms with van der Waals surface area (Å²) in [6.07, 6.45) is -4.18. The maximum atomic E-state index is 12.4. The van der Waals surface area contributed by atoms with Crippen molar-refractivity contribution in [2.45, 2.75) is 32.1 Å². The Bertz CT molecular complexity index is 500. The Balaban J connectivity index is 2.52. The van der Waals surface area contributed by atoms with Crippen LogP contribution in [0, 0.1) is 0 Å². The summed E-state index contributed by atoms with van der Waals surface area (Å²) in [7, 11) is 0. The van der Waals surface area contributed by atoms with Gasteiger partial charge in [-0.05, 0) is 24.1 Å². The van der Waals surface area contributed by atoms with E-state index in [1.807, 2.05) is 0 Å². The highest BCUT2D eigenvalue weighted by Crippen LogP contribution is 2.28. The minimum Gasteiger partial charge on any atom is -0.480 e. The maximum Gasteiger partial charge on any atom is 0.416 e. The van der Waals surface area contributed by atoms with Gasteiger partial charge in [-0.25, -0.2) is 9.59 Å². The van der Waals surface area contributed by atoms with Crippen LogP contribution in [0.4, 0.5) is 18.0 Å². The van der Waals surface area contributed by atoms with Crippen LogP contribution in [0.25, 0.3) is 0 Å². The van der Waals surface area contributed by atoms with E-state index in [2.05, 4.69) is 10.6 Å². The van der Waals surface area contributed by atoms with Crippen LogP contribution in [0.3, 0.4) is 0 Å². The van der Waals surface area contributed by atoms with E-state index in [0.717, 1.165) is 12.1 Å². The Kier molecular flexibility index (Phi) is 5.57. The Labute approximate surface area is 119 Å². The molecule has 0 saturated carbocycles. The van der Waals surface area contributed by atoms with Crippen molar-refractivity contribution < 1.29 is 27.9 Å². The molecule has 0 bridgehead atoms. The number of benzene rings is 1. The molecule has 5 nitrogen and oxygen atoms in total. The third-order valence-electron chi connectivity index (χ3n) is 2.75. The van der Waals surface area contributed by atoms with Crippen LogP contribution < -0.4 is 10.6 Å². The average molecular weight is 304 g/mol. The topological polar surface area (TPSA) is 78.4 Å². The van der Waals surface area contributed by atoms with Gasteiger partial charge < -0.3 is 15.7 Å². The molecule has 2 amide bonds. The molecular weight excluding hydrogens is 289 g/mol. The molecule has 1 aromatic rings. The van der Waals surface area contributed by atoms with Crippen molar-refractivity contribution >= 4 is 12.0 Å².